The van der Waals surface area contributed by atoms with Gasteiger partial charge in [0.1, 0.15) is 11.6 Å². The first-order chi connectivity index (χ1) is 11.0. The first-order valence-electron chi connectivity index (χ1n) is 7.57. The monoisotopic (exact) mass is 335 g/mol. The number of halogens is 2. The Morgan fingerprint density at radius 3 is 2.65 bits per heavy atom. The molecule has 0 radical (unpaired) electrons. The van der Waals surface area contributed by atoms with Crippen LogP contribution < -0.4 is 10.2 Å². The van der Waals surface area contributed by atoms with E-state index in [1.807, 2.05) is 13.0 Å². The van der Waals surface area contributed by atoms with E-state index >= 15 is 0 Å². The van der Waals surface area contributed by atoms with E-state index in [2.05, 4.69) is 27.1 Å². The van der Waals surface area contributed by atoms with Gasteiger partial charge in [0.05, 0.1) is 0 Å². The molecule has 0 amide bonds. The SMILES string of the molecule is Cc1cc(Nc2ccc(F)cc2)nc(N2CCN(Cl)CC2C)n1. The van der Waals surface area contributed by atoms with Crippen molar-refractivity contribution in [1.82, 2.24) is 14.4 Å². The van der Waals surface area contributed by atoms with Crippen molar-refractivity contribution < 1.29 is 4.39 Å². The summed E-state index contributed by atoms with van der Waals surface area (Å²) in [5.41, 5.74) is 1.66. The number of aromatic nitrogens is 2. The van der Waals surface area contributed by atoms with E-state index in [0.717, 1.165) is 31.0 Å². The van der Waals surface area contributed by atoms with Crippen LogP contribution in [-0.4, -0.2) is 40.1 Å². The number of anilines is 3. The molecule has 0 saturated carbocycles. The lowest BCUT2D eigenvalue weighted by Gasteiger charge is -2.37. The van der Waals surface area contributed by atoms with Gasteiger partial charge in [0, 0.05) is 43.1 Å². The molecule has 1 N–H and O–H groups in total. The fourth-order valence-corrected chi connectivity index (χ4v) is 2.91. The number of rotatable bonds is 3. The van der Waals surface area contributed by atoms with Gasteiger partial charge >= 0.3 is 0 Å². The second-order valence-electron chi connectivity index (χ2n) is 5.74. The molecule has 1 fully saturated rings. The maximum Gasteiger partial charge on any atom is 0.227 e. The normalized spacial score (nSPS) is 19.0. The predicted molar refractivity (Wildman–Crippen MR) is 90.7 cm³/mol. The molecule has 2 heterocycles. The summed E-state index contributed by atoms with van der Waals surface area (Å²) in [6.45, 7) is 6.35. The molecule has 1 unspecified atom stereocenters. The summed E-state index contributed by atoms with van der Waals surface area (Å²) < 4.78 is 14.8. The Balaban J connectivity index is 1.82. The average Bonchev–Trinajstić information content (AvgIpc) is 2.49. The van der Waals surface area contributed by atoms with Gasteiger partial charge in [-0.2, -0.15) is 4.98 Å². The van der Waals surface area contributed by atoms with E-state index in [0.29, 0.717) is 11.8 Å². The van der Waals surface area contributed by atoms with Crippen LogP contribution in [-0.2, 0) is 0 Å². The van der Waals surface area contributed by atoms with E-state index in [1.54, 1.807) is 16.6 Å². The maximum absolute atomic E-state index is 13.0. The highest BCUT2D eigenvalue weighted by molar-refractivity contribution is 6.13. The molecule has 1 saturated heterocycles. The minimum Gasteiger partial charge on any atom is -0.340 e. The molecule has 1 aromatic heterocycles. The summed E-state index contributed by atoms with van der Waals surface area (Å²) in [6, 6.07) is 8.30. The Bertz CT molecular complexity index is 679. The van der Waals surface area contributed by atoms with Crippen LogP contribution >= 0.6 is 11.8 Å². The van der Waals surface area contributed by atoms with Gasteiger partial charge in [-0.05, 0) is 49.9 Å². The van der Waals surface area contributed by atoms with Gasteiger partial charge in [-0.15, -0.1) is 0 Å². The predicted octanol–water partition coefficient (Wildman–Crippen LogP) is 3.33. The molecule has 1 aliphatic rings. The molecule has 0 aliphatic carbocycles. The van der Waals surface area contributed by atoms with Gasteiger partial charge in [0.2, 0.25) is 5.95 Å². The number of hydrogen-bond acceptors (Lipinski definition) is 5. The van der Waals surface area contributed by atoms with Crippen molar-refractivity contribution in [3.05, 3.63) is 41.8 Å². The Kier molecular flexibility index (Phi) is 4.63. The summed E-state index contributed by atoms with van der Waals surface area (Å²) in [5, 5.41) is 3.19. The molecule has 1 atom stereocenters. The minimum atomic E-state index is -0.261. The van der Waals surface area contributed by atoms with Gasteiger partial charge in [0.15, 0.2) is 0 Å². The highest BCUT2D eigenvalue weighted by Crippen LogP contribution is 2.22. The number of hydrogen-bond donors (Lipinski definition) is 1. The van der Waals surface area contributed by atoms with Crippen LogP contribution in [0.1, 0.15) is 12.6 Å². The average molecular weight is 336 g/mol. The van der Waals surface area contributed by atoms with Crippen LogP contribution in [0.2, 0.25) is 0 Å². The quantitative estimate of drug-likeness (QED) is 0.872. The van der Waals surface area contributed by atoms with Crippen molar-refractivity contribution in [3.63, 3.8) is 0 Å². The summed E-state index contributed by atoms with van der Waals surface area (Å²) in [4.78, 5) is 11.3. The molecule has 5 nitrogen and oxygen atoms in total. The molecule has 7 heteroatoms. The zero-order chi connectivity index (χ0) is 16.4. The van der Waals surface area contributed by atoms with Crippen LogP contribution in [0.25, 0.3) is 0 Å². The Morgan fingerprint density at radius 2 is 1.96 bits per heavy atom. The first-order valence-corrected chi connectivity index (χ1v) is 7.91. The van der Waals surface area contributed by atoms with E-state index in [4.69, 9.17) is 11.8 Å². The zero-order valence-electron chi connectivity index (χ0n) is 13.1. The summed E-state index contributed by atoms with van der Waals surface area (Å²) in [7, 11) is 0. The van der Waals surface area contributed by atoms with E-state index in [-0.39, 0.29) is 11.9 Å². The molecule has 122 valence electrons. The third kappa shape index (κ3) is 3.89. The zero-order valence-corrected chi connectivity index (χ0v) is 13.9. The molecule has 2 aromatic rings. The smallest absolute Gasteiger partial charge is 0.227 e. The Morgan fingerprint density at radius 1 is 1.22 bits per heavy atom. The number of nitrogens with one attached hydrogen (secondary N) is 1. The molecule has 0 spiro atoms. The molecule has 23 heavy (non-hydrogen) atoms. The number of nitrogens with zero attached hydrogens (tertiary/aromatic N) is 4. The highest BCUT2D eigenvalue weighted by Gasteiger charge is 2.25. The van der Waals surface area contributed by atoms with E-state index in [9.17, 15) is 4.39 Å². The lowest BCUT2D eigenvalue weighted by atomic mass is 10.2. The van der Waals surface area contributed by atoms with Gasteiger partial charge in [-0.3, -0.25) is 0 Å². The van der Waals surface area contributed by atoms with Crippen LogP contribution in [0.5, 0.6) is 0 Å². The second kappa shape index (κ2) is 6.68. The third-order valence-corrected chi connectivity index (χ3v) is 4.10. The fraction of sp³-hybridized carbons (Fsp3) is 0.375. The summed E-state index contributed by atoms with van der Waals surface area (Å²) in [6.07, 6.45) is 0. The Labute approximate surface area is 140 Å². The third-order valence-electron chi connectivity index (χ3n) is 3.79. The van der Waals surface area contributed by atoms with Crippen LogP contribution in [0.15, 0.2) is 30.3 Å². The van der Waals surface area contributed by atoms with Crippen molar-refractivity contribution in [2.45, 2.75) is 19.9 Å². The lowest BCUT2D eigenvalue weighted by molar-refractivity contribution is 0.359. The number of benzene rings is 1. The standard InChI is InChI=1S/C16H19ClFN5/c1-11-9-15(20-14-5-3-13(18)4-6-14)21-16(19-11)23-8-7-22(17)10-12(23)2/h3-6,9,12H,7-8,10H2,1-2H3,(H,19,20,21). The van der Waals surface area contributed by atoms with Gasteiger partial charge in [-0.25, -0.2) is 13.8 Å². The van der Waals surface area contributed by atoms with Crippen molar-refractivity contribution in [3.8, 4) is 0 Å². The van der Waals surface area contributed by atoms with Crippen molar-refractivity contribution in [2.75, 3.05) is 29.9 Å². The summed E-state index contributed by atoms with van der Waals surface area (Å²) >= 11 is 6.07. The Hall–Kier alpha value is -1.92. The molecule has 1 aliphatic heterocycles. The molecule has 0 bridgehead atoms. The topological polar surface area (TPSA) is 44.3 Å². The van der Waals surface area contributed by atoms with Gasteiger partial charge in [0.25, 0.3) is 0 Å². The van der Waals surface area contributed by atoms with Crippen LogP contribution in [0.4, 0.5) is 21.8 Å². The highest BCUT2D eigenvalue weighted by atomic mass is 35.5. The largest absolute Gasteiger partial charge is 0.340 e. The van der Waals surface area contributed by atoms with Crippen molar-refractivity contribution in [2.24, 2.45) is 0 Å². The lowest BCUT2D eigenvalue weighted by Crippen LogP contribution is -2.49. The molecule has 1 aromatic carbocycles. The van der Waals surface area contributed by atoms with Gasteiger partial charge < -0.3 is 10.2 Å². The van der Waals surface area contributed by atoms with Crippen molar-refractivity contribution in [1.29, 1.82) is 0 Å². The maximum atomic E-state index is 13.0. The van der Waals surface area contributed by atoms with Crippen LogP contribution in [0.3, 0.4) is 0 Å². The number of piperazine rings is 1. The summed E-state index contributed by atoms with van der Waals surface area (Å²) in [5.74, 6) is 1.12. The van der Waals surface area contributed by atoms with E-state index in [1.165, 1.54) is 12.1 Å². The first kappa shape index (κ1) is 16.0. The fourth-order valence-electron chi connectivity index (χ4n) is 2.64. The van der Waals surface area contributed by atoms with Crippen LogP contribution in [0, 0.1) is 12.7 Å². The second-order valence-corrected chi connectivity index (χ2v) is 6.22. The number of aryl methyl sites for hydroxylation is 1. The minimum absolute atomic E-state index is 0.238. The van der Waals surface area contributed by atoms with E-state index < -0.39 is 0 Å². The molecular formula is C16H19ClFN5. The van der Waals surface area contributed by atoms with Crippen molar-refractivity contribution >= 4 is 29.2 Å². The molecule has 3 rings (SSSR count). The molecular weight excluding hydrogens is 317 g/mol. The van der Waals surface area contributed by atoms with Gasteiger partial charge in [-0.1, -0.05) is 0 Å².